The zero-order valence-electron chi connectivity index (χ0n) is 8.12. The van der Waals surface area contributed by atoms with Crippen LogP contribution in [0.3, 0.4) is 0 Å². The van der Waals surface area contributed by atoms with Crippen LogP contribution in [0, 0.1) is 0 Å². The molecule has 2 unspecified atom stereocenters. The van der Waals surface area contributed by atoms with Gasteiger partial charge < -0.3 is 10.5 Å². The van der Waals surface area contributed by atoms with Gasteiger partial charge in [0.05, 0.1) is 12.7 Å². The van der Waals surface area contributed by atoms with Gasteiger partial charge >= 0.3 is 0 Å². The van der Waals surface area contributed by atoms with Crippen LogP contribution < -0.4 is 5.73 Å². The molecule has 0 saturated carbocycles. The summed E-state index contributed by atoms with van der Waals surface area (Å²) in [6.07, 6.45) is 1.53. The van der Waals surface area contributed by atoms with Gasteiger partial charge in [0.15, 0.2) is 0 Å². The third-order valence-electron chi connectivity index (χ3n) is 2.22. The first kappa shape index (κ1) is 9.96. The van der Waals surface area contributed by atoms with E-state index in [2.05, 4.69) is 18.7 Å². The molecule has 0 aromatic rings. The van der Waals surface area contributed by atoms with E-state index in [1.807, 2.05) is 0 Å². The Labute approximate surface area is 74.9 Å². The van der Waals surface area contributed by atoms with E-state index < -0.39 is 0 Å². The molecule has 3 nitrogen and oxygen atoms in total. The highest BCUT2D eigenvalue weighted by molar-refractivity contribution is 4.72. The SMILES string of the molecule is CCC1CN(CC(C)N)CCO1. The first-order chi connectivity index (χ1) is 5.72. The molecule has 1 fully saturated rings. The number of ether oxygens (including phenoxy) is 1. The lowest BCUT2D eigenvalue weighted by atomic mass is 10.2. The van der Waals surface area contributed by atoms with Crippen LogP contribution in [0.5, 0.6) is 0 Å². The summed E-state index contributed by atoms with van der Waals surface area (Å²) in [6.45, 7) is 8.18. The van der Waals surface area contributed by atoms with Crippen molar-refractivity contribution in [2.75, 3.05) is 26.2 Å². The largest absolute Gasteiger partial charge is 0.376 e. The van der Waals surface area contributed by atoms with E-state index >= 15 is 0 Å². The standard InChI is InChI=1S/C9H20N2O/c1-3-9-7-11(4-5-12-9)6-8(2)10/h8-9H,3-7,10H2,1-2H3. The van der Waals surface area contributed by atoms with Crippen molar-refractivity contribution in [3.8, 4) is 0 Å². The lowest BCUT2D eigenvalue weighted by Crippen LogP contribution is -2.46. The first-order valence-electron chi connectivity index (χ1n) is 4.82. The average molecular weight is 172 g/mol. The molecule has 12 heavy (non-hydrogen) atoms. The van der Waals surface area contributed by atoms with Crippen molar-refractivity contribution in [3.63, 3.8) is 0 Å². The van der Waals surface area contributed by atoms with E-state index in [9.17, 15) is 0 Å². The summed E-state index contributed by atoms with van der Waals surface area (Å²) < 4.78 is 5.56. The molecule has 0 amide bonds. The fourth-order valence-electron chi connectivity index (χ4n) is 1.60. The molecule has 72 valence electrons. The maximum Gasteiger partial charge on any atom is 0.0700 e. The van der Waals surface area contributed by atoms with Gasteiger partial charge in [-0.15, -0.1) is 0 Å². The van der Waals surface area contributed by atoms with Gasteiger partial charge in [0.2, 0.25) is 0 Å². The molecule has 1 aliphatic rings. The number of nitrogens with zero attached hydrogens (tertiary/aromatic N) is 1. The Kier molecular flexibility index (Phi) is 3.98. The van der Waals surface area contributed by atoms with Gasteiger partial charge in [-0.05, 0) is 13.3 Å². The van der Waals surface area contributed by atoms with Crippen LogP contribution >= 0.6 is 0 Å². The predicted molar refractivity (Wildman–Crippen MR) is 50.1 cm³/mol. The molecular formula is C9H20N2O. The summed E-state index contributed by atoms with van der Waals surface area (Å²) in [5, 5.41) is 0. The van der Waals surface area contributed by atoms with Crippen LogP contribution in [0.15, 0.2) is 0 Å². The van der Waals surface area contributed by atoms with Crippen molar-refractivity contribution in [3.05, 3.63) is 0 Å². The molecule has 2 N–H and O–H groups in total. The molecule has 0 spiro atoms. The number of rotatable bonds is 3. The fraction of sp³-hybridized carbons (Fsp3) is 1.00. The molecule has 1 rings (SSSR count). The molecule has 0 aliphatic carbocycles. The minimum absolute atomic E-state index is 0.278. The van der Waals surface area contributed by atoms with E-state index in [4.69, 9.17) is 10.5 Å². The molecule has 0 aromatic heterocycles. The molecule has 1 saturated heterocycles. The van der Waals surface area contributed by atoms with Gasteiger partial charge in [0.25, 0.3) is 0 Å². The molecule has 1 heterocycles. The average Bonchev–Trinajstić information content (AvgIpc) is 2.03. The van der Waals surface area contributed by atoms with E-state index in [1.54, 1.807) is 0 Å². The van der Waals surface area contributed by atoms with E-state index in [0.29, 0.717) is 6.10 Å². The van der Waals surface area contributed by atoms with Crippen molar-refractivity contribution >= 4 is 0 Å². The van der Waals surface area contributed by atoms with E-state index in [-0.39, 0.29) is 6.04 Å². The number of morpholine rings is 1. The van der Waals surface area contributed by atoms with Gasteiger partial charge in [-0.3, -0.25) is 4.90 Å². The van der Waals surface area contributed by atoms with Crippen LogP contribution in [0.1, 0.15) is 20.3 Å². The van der Waals surface area contributed by atoms with Crippen molar-refractivity contribution in [2.45, 2.75) is 32.4 Å². The normalized spacial score (nSPS) is 28.8. The molecular weight excluding hydrogens is 152 g/mol. The zero-order valence-corrected chi connectivity index (χ0v) is 8.12. The Morgan fingerprint density at radius 1 is 1.67 bits per heavy atom. The smallest absolute Gasteiger partial charge is 0.0700 e. The second-order valence-corrected chi connectivity index (χ2v) is 3.64. The van der Waals surface area contributed by atoms with Crippen LogP contribution in [0.25, 0.3) is 0 Å². The lowest BCUT2D eigenvalue weighted by molar-refractivity contribution is -0.0306. The second kappa shape index (κ2) is 4.80. The second-order valence-electron chi connectivity index (χ2n) is 3.64. The summed E-state index contributed by atoms with van der Waals surface area (Å²) in [4.78, 5) is 2.39. The number of hydrogen-bond acceptors (Lipinski definition) is 3. The number of nitrogens with two attached hydrogens (primary N) is 1. The van der Waals surface area contributed by atoms with E-state index in [0.717, 1.165) is 32.7 Å². The van der Waals surface area contributed by atoms with Crippen molar-refractivity contribution < 1.29 is 4.74 Å². The highest BCUT2D eigenvalue weighted by Gasteiger charge is 2.18. The first-order valence-corrected chi connectivity index (χ1v) is 4.82. The monoisotopic (exact) mass is 172 g/mol. The Bertz CT molecular complexity index is 128. The van der Waals surface area contributed by atoms with E-state index in [1.165, 1.54) is 0 Å². The zero-order chi connectivity index (χ0) is 8.97. The molecule has 0 bridgehead atoms. The van der Waals surface area contributed by atoms with Gasteiger partial charge in [-0.1, -0.05) is 6.92 Å². The Balaban J connectivity index is 2.25. The maximum atomic E-state index is 5.73. The van der Waals surface area contributed by atoms with Crippen molar-refractivity contribution in [2.24, 2.45) is 5.73 Å². The Hall–Kier alpha value is -0.120. The lowest BCUT2D eigenvalue weighted by Gasteiger charge is -2.33. The molecule has 3 heteroatoms. The highest BCUT2D eigenvalue weighted by Crippen LogP contribution is 2.07. The maximum absolute atomic E-state index is 5.73. The van der Waals surface area contributed by atoms with Crippen LogP contribution in [0.4, 0.5) is 0 Å². The Morgan fingerprint density at radius 2 is 2.42 bits per heavy atom. The van der Waals surface area contributed by atoms with Gasteiger partial charge in [-0.25, -0.2) is 0 Å². The minimum atomic E-state index is 0.278. The van der Waals surface area contributed by atoms with Crippen LogP contribution in [-0.4, -0.2) is 43.3 Å². The topological polar surface area (TPSA) is 38.5 Å². The van der Waals surface area contributed by atoms with Crippen LogP contribution in [0.2, 0.25) is 0 Å². The summed E-state index contributed by atoms with van der Waals surface area (Å²) in [5.74, 6) is 0. The minimum Gasteiger partial charge on any atom is -0.376 e. The van der Waals surface area contributed by atoms with Gasteiger partial charge in [-0.2, -0.15) is 0 Å². The van der Waals surface area contributed by atoms with Crippen LogP contribution in [-0.2, 0) is 4.74 Å². The summed E-state index contributed by atoms with van der Waals surface area (Å²) in [5.41, 5.74) is 5.73. The summed E-state index contributed by atoms with van der Waals surface area (Å²) >= 11 is 0. The van der Waals surface area contributed by atoms with Gasteiger partial charge in [0, 0.05) is 25.7 Å². The van der Waals surface area contributed by atoms with Crippen molar-refractivity contribution in [1.29, 1.82) is 0 Å². The highest BCUT2D eigenvalue weighted by atomic mass is 16.5. The number of hydrogen-bond donors (Lipinski definition) is 1. The molecule has 2 atom stereocenters. The summed E-state index contributed by atoms with van der Waals surface area (Å²) in [7, 11) is 0. The van der Waals surface area contributed by atoms with Gasteiger partial charge in [0.1, 0.15) is 0 Å². The molecule has 1 aliphatic heterocycles. The summed E-state index contributed by atoms with van der Waals surface area (Å²) in [6, 6.07) is 0.278. The predicted octanol–water partition coefficient (Wildman–Crippen LogP) is 0.444. The third-order valence-corrected chi connectivity index (χ3v) is 2.22. The fourth-order valence-corrected chi connectivity index (χ4v) is 1.60. The third kappa shape index (κ3) is 3.09. The molecule has 0 radical (unpaired) electrons. The quantitative estimate of drug-likeness (QED) is 0.671. The Morgan fingerprint density at radius 3 is 3.00 bits per heavy atom. The van der Waals surface area contributed by atoms with Crippen molar-refractivity contribution in [1.82, 2.24) is 4.90 Å². The molecule has 0 aromatic carbocycles.